The van der Waals surface area contributed by atoms with Crippen molar-refractivity contribution >= 4 is 11.8 Å². The van der Waals surface area contributed by atoms with E-state index in [1.54, 1.807) is 0 Å². The average Bonchev–Trinajstić information content (AvgIpc) is 2.55. The molecule has 122 valence electrons. The molecule has 2 amide bonds. The van der Waals surface area contributed by atoms with Crippen molar-refractivity contribution in [2.75, 3.05) is 5.32 Å². The molecule has 0 aliphatic carbocycles. The zero-order chi connectivity index (χ0) is 16.8. The molecule has 0 spiro atoms. The molecule has 0 saturated carbocycles. The fraction of sp³-hybridized carbons (Fsp3) is 0.333. The minimum absolute atomic E-state index is 0.0705. The van der Waals surface area contributed by atoms with Crippen molar-refractivity contribution in [3.8, 4) is 0 Å². The van der Waals surface area contributed by atoms with Gasteiger partial charge in [-0.1, -0.05) is 13.8 Å². The van der Waals surface area contributed by atoms with Crippen LogP contribution in [0, 0.1) is 5.82 Å². The van der Waals surface area contributed by atoms with Crippen LogP contribution in [0.4, 0.5) is 15.0 Å². The first-order valence-corrected chi connectivity index (χ1v) is 7.30. The summed E-state index contributed by atoms with van der Waals surface area (Å²) in [6.45, 7) is 3.95. The van der Waals surface area contributed by atoms with Gasteiger partial charge >= 0.3 is 6.03 Å². The van der Waals surface area contributed by atoms with Gasteiger partial charge in [-0.3, -0.25) is 10.1 Å². The largest absolute Gasteiger partial charge is 0.334 e. The van der Waals surface area contributed by atoms with Crippen LogP contribution < -0.4 is 16.2 Å². The average molecular weight is 319 g/mol. The second-order valence-electron chi connectivity index (χ2n) is 4.83. The molecule has 0 fully saturated rings. The highest BCUT2D eigenvalue weighted by atomic mass is 19.1. The number of aromatic amines is 1. The Morgan fingerprint density at radius 3 is 2.65 bits per heavy atom. The highest BCUT2D eigenvalue weighted by molar-refractivity contribution is 5.88. The van der Waals surface area contributed by atoms with Gasteiger partial charge in [-0.05, 0) is 30.5 Å². The number of anilines is 1. The van der Waals surface area contributed by atoms with Gasteiger partial charge in [0.15, 0.2) is 0 Å². The molecular formula is C15H18FN5O2. The summed E-state index contributed by atoms with van der Waals surface area (Å²) in [5.74, 6) is -0.267. The van der Waals surface area contributed by atoms with Crippen LogP contribution in [-0.2, 0) is 19.4 Å². The number of aryl methyl sites for hydroxylation is 1. The summed E-state index contributed by atoms with van der Waals surface area (Å²) in [5, 5.41) is 11.5. The number of nitrogens with zero attached hydrogens (tertiary/aromatic N) is 2. The quantitative estimate of drug-likeness (QED) is 0.781. The first-order valence-electron chi connectivity index (χ1n) is 7.30. The second-order valence-corrected chi connectivity index (χ2v) is 4.83. The Bertz CT molecular complexity index is 743. The molecule has 2 rings (SSSR count). The number of carbonyl (C=O) groups excluding carboxylic acids is 1. The summed E-state index contributed by atoms with van der Waals surface area (Å²) in [4.78, 5) is 27.5. The second kappa shape index (κ2) is 7.48. The fourth-order valence-electron chi connectivity index (χ4n) is 2.24. The third kappa shape index (κ3) is 4.12. The van der Waals surface area contributed by atoms with E-state index in [0.717, 1.165) is 17.5 Å². The summed E-state index contributed by atoms with van der Waals surface area (Å²) < 4.78 is 12.8. The maximum Gasteiger partial charge on any atom is 0.320 e. The molecule has 0 bridgehead atoms. The number of aromatic nitrogens is 3. The molecule has 0 saturated heterocycles. The van der Waals surface area contributed by atoms with Gasteiger partial charge in [0.2, 0.25) is 0 Å². The molecule has 23 heavy (non-hydrogen) atoms. The molecule has 7 nitrogen and oxygen atoms in total. The summed E-state index contributed by atoms with van der Waals surface area (Å²) in [6.07, 6.45) is 2.35. The number of hydrogen-bond acceptors (Lipinski definition) is 4. The third-order valence-electron chi connectivity index (χ3n) is 3.36. The van der Waals surface area contributed by atoms with Crippen LogP contribution in [0.1, 0.15) is 30.7 Å². The number of hydrogen-bond donors (Lipinski definition) is 3. The maximum atomic E-state index is 12.8. The van der Waals surface area contributed by atoms with E-state index in [1.807, 2.05) is 13.8 Å². The van der Waals surface area contributed by atoms with Crippen molar-refractivity contribution in [2.45, 2.75) is 33.2 Å². The van der Waals surface area contributed by atoms with Crippen LogP contribution >= 0.6 is 0 Å². The molecular weight excluding hydrogens is 301 g/mol. The van der Waals surface area contributed by atoms with Gasteiger partial charge in [-0.2, -0.15) is 5.10 Å². The molecule has 0 aromatic carbocycles. The number of nitrogens with one attached hydrogen (secondary N) is 3. The Morgan fingerprint density at radius 1 is 1.26 bits per heavy atom. The number of carbonyl (C=O) groups is 1. The summed E-state index contributed by atoms with van der Waals surface area (Å²) in [7, 11) is 0. The molecule has 0 aliphatic heterocycles. The van der Waals surface area contributed by atoms with E-state index in [1.165, 1.54) is 12.1 Å². The van der Waals surface area contributed by atoms with E-state index in [0.29, 0.717) is 18.4 Å². The van der Waals surface area contributed by atoms with Crippen molar-refractivity contribution in [1.29, 1.82) is 0 Å². The lowest BCUT2D eigenvalue weighted by atomic mass is 10.0. The van der Waals surface area contributed by atoms with E-state index < -0.39 is 11.8 Å². The maximum absolute atomic E-state index is 12.8. The number of pyridine rings is 1. The minimum atomic E-state index is -0.527. The molecule has 2 aromatic heterocycles. The van der Waals surface area contributed by atoms with Gasteiger partial charge in [-0.15, -0.1) is 0 Å². The van der Waals surface area contributed by atoms with E-state index >= 15 is 0 Å². The minimum Gasteiger partial charge on any atom is -0.334 e. The standard InChI is InChI=1S/C15H18FN5O2/c1-3-10-11(14(22)21-20-12(10)4-2)8-18-15(23)19-13-6-5-9(16)7-17-13/h5-7H,3-4,8H2,1-2H3,(H,21,22)(H2,17,18,19,23). The third-order valence-corrected chi connectivity index (χ3v) is 3.36. The lowest BCUT2D eigenvalue weighted by molar-refractivity contribution is 0.251. The van der Waals surface area contributed by atoms with Gasteiger partial charge < -0.3 is 5.32 Å². The van der Waals surface area contributed by atoms with Crippen molar-refractivity contribution in [3.63, 3.8) is 0 Å². The Hall–Kier alpha value is -2.77. The number of H-pyrrole nitrogens is 1. The SMILES string of the molecule is CCc1n[nH]c(=O)c(CNC(=O)Nc2ccc(F)cn2)c1CC. The first kappa shape index (κ1) is 16.6. The lowest BCUT2D eigenvalue weighted by Gasteiger charge is -2.11. The van der Waals surface area contributed by atoms with Crippen LogP contribution in [0.3, 0.4) is 0 Å². The van der Waals surface area contributed by atoms with Crippen LogP contribution in [0.2, 0.25) is 0 Å². The molecule has 2 aromatic rings. The van der Waals surface area contributed by atoms with E-state index in [9.17, 15) is 14.0 Å². The predicted molar refractivity (Wildman–Crippen MR) is 83.7 cm³/mol. The molecule has 0 unspecified atom stereocenters. The Morgan fingerprint density at radius 2 is 2.04 bits per heavy atom. The fourth-order valence-corrected chi connectivity index (χ4v) is 2.24. The van der Waals surface area contributed by atoms with Gasteiger partial charge in [0.25, 0.3) is 5.56 Å². The number of amides is 2. The molecule has 0 radical (unpaired) electrons. The predicted octanol–water partition coefficient (Wildman–Crippen LogP) is 1.75. The Balaban J connectivity index is 2.07. The van der Waals surface area contributed by atoms with E-state index in [-0.39, 0.29) is 17.9 Å². The zero-order valence-electron chi connectivity index (χ0n) is 12.9. The number of rotatable bonds is 5. The van der Waals surface area contributed by atoms with Crippen LogP contribution in [0.5, 0.6) is 0 Å². The van der Waals surface area contributed by atoms with Gasteiger partial charge in [-0.25, -0.2) is 19.3 Å². The highest BCUT2D eigenvalue weighted by Gasteiger charge is 2.13. The smallest absolute Gasteiger partial charge is 0.320 e. The van der Waals surface area contributed by atoms with E-state index in [4.69, 9.17) is 0 Å². The first-order chi connectivity index (χ1) is 11.0. The lowest BCUT2D eigenvalue weighted by Crippen LogP contribution is -2.32. The highest BCUT2D eigenvalue weighted by Crippen LogP contribution is 2.10. The zero-order valence-corrected chi connectivity index (χ0v) is 12.9. The van der Waals surface area contributed by atoms with Gasteiger partial charge in [0.05, 0.1) is 18.4 Å². The van der Waals surface area contributed by atoms with Crippen molar-refractivity contribution in [3.05, 3.63) is 51.3 Å². The monoisotopic (exact) mass is 319 g/mol. The number of halogens is 1. The van der Waals surface area contributed by atoms with Crippen molar-refractivity contribution in [1.82, 2.24) is 20.5 Å². The summed E-state index contributed by atoms with van der Waals surface area (Å²) >= 11 is 0. The van der Waals surface area contributed by atoms with Gasteiger partial charge in [0.1, 0.15) is 11.6 Å². The van der Waals surface area contributed by atoms with Crippen LogP contribution in [0.15, 0.2) is 23.1 Å². The Kier molecular flexibility index (Phi) is 5.40. The Labute approximate surface area is 132 Å². The van der Waals surface area contributed by atoms with Crippen LogP contribution in [-0.4, -0.2) is 21.2 Å². The van der Waals surface area contributed by atoms with Crippen LogP contribution in [0.25, 0.3) is 0 Å². The summed E-state index contributed by atoms with van der Waals surface area (Å²) in [5.41, 5.74) is 1.82. The molecule has 8 heteroatoms. The van der Waals surface area contributed by atoms with Crippen molar-refractivity contribution in [2.24, 2.45) is 0 Å². The molecule has 3 N–H and O–H groups in total. The topological polar surface area (TPSA) is 99.8 Å². The van der Waals surface area contributed by atoms with Gasteiger partial charge in [0, 0.05) is 5.56 Å². The normalized spacial score (nSPS) is 10.4. The molecule has 2 heterocycles. The molecule has 0 aliphatic rings. The van der Waals surface area contributed by atoms with Crippen molar-refractivity contribution < 1.29 is 9.18 Å². The van der Waals surface area contributed by atoms with E-state index in [2.05, 4.69) is 25.8 Å². The molecule has 0 atom stereocenters. The number of urea groups is 1. The summed E-state index contributed by atoms with van der Waals surface area (Å²) in [6, 6.07) is 2.01.